The molecule has 0 amide bonds. The van der Waals surface area contributed by atoms with Crippen LogP contribution in [0.15, 0.2) is 59.8 Å². The molecule has 1 aromatic heterocycles. The van der Waals surface area contributed by atoms with Crippen molar-refractivity contribution in [1.29, 1.82) is 5.26 Å². The van der Waals surface area contributed by atoms with E-state index < -0.39 is 0 Å². The standard InChI is InChI=1S/C18H15FN4S/c1-13(11-20)24-18-22-21-17(15-9-5-6-10-16(15)19)23(18)12-14-7-3-2-4-8-14/h2-10,13H,12H2,1H3/t13-/m0/s1. The van der Waals surface area contributed by atoms with Gasteiger partial charge in [0, 0.05) is 0 Å². The van der Waals surface area contributed by atoms with Crippen molar-refractivity contribution in [3.05, 3.63) is 66.0 Å². The summed E-state index contributed by atoms with van der Waals surface area (Å²) in [5, 5.41) is 17.7. The number of halogens is 1. The van der Waals surface area contributed by atoms with Crippen LogP contribution in [0, 0.1) is 17.1 Å². The highest BCUT2D eigenvalue weighted by Crippen LogP contribution is 2.28. The molecule has 0 saturated heterocycles. The first-order valence-corrected chi connectivity index (χ1v) is 8.35. The van der Waals surface area contributed by atoms with Gasteiger partial charge < -0.3 is 0 Å². The Hall–Kier alpha value is -2.65. The fraction of sp³-hybridized carbons (Fsp3) is 0.167. The summed E-state index contributed by atoms with van der Waals surface area (Å²) >= 11 is 1.32. The number of nitriles is 1. The summed E-state index contributed by atoms with van der Waals surface area (Å²) in [7, 11) is 0. The molecule has 0 bridgehead atoms. The lowest BCUT2D eigenvalue weighted by Crippen LogP contribution is -2.06. The van der Waals surface area contributed by atoms with Gasteiger partial charge in [0.2, 0.25) is 0 Å². The molecule has 6 heteroatoms. The van der Waals surface area contributed by atoms with E-state index in [1.807, 2.05) is 34.9 Å². The second-order valence-electron chi connectivity index (χ2n) is 5.25. The maximum Gasteiger partial charge on any atom is 0.193 e. The molecule has 0 aliphatic rings. The van der Waals surface area contributed by atoms with E-state index in [4.69, 9.17) is 5.26 Å². The van der Waals surface area contributed by atoms with Gasteiger partial charge in [-0.05, 0) is 24.6 Å². The molecule has 4 nitrogen and oxygen atoms in total. The number of nitrogens with zero attached hydrogens (tertiary/aromatic N) is 4. The van der Waals surface area contributed by atoms with Crippen LogP contribution in [0.5, 0.6) is 0 Å². The van der Waals surface area contributed by atoms with E-state index >= 15 is 0 Å². The van der Waals surface area contributed by atoms with Crippen molar-refractivity contribution in [3.63, 3.8) is 0 Å². The Morgan fingerprint density at radius 1 is 1.12 bits per heavy atom. The first kappa shape index (κ1) is 16.2. The van der Waals surface area contributed by atoms with Crippen LogP contribution >= 0.6 is 11.8 Å². The fourth-order valence-electron chi connectivity index (χ4n) is 2.31. The lowest BCUT2D eigenvalue weighted by atomic mass is 10.2. The Kier molecular flexibility index (Phi) is 4.92. The Balaban J connectivity index is 2.06. The van der Waals surface area contributed by atoms with Crippen molar-refractivity contribution in [1.82, 2.24) is 14.8 Å². The van der Waals surface area contributed by atoms with E-state index in [1.54, 1.807) is 25.1 Å². The number of hydrogen-bond donors (Lipinski definition) is 0. The number of thioether (sulfide) groups is 1. The number of hydrogen-bond acceptors (Lipinski definition) is 4. The van der Waals surface area contributed by atoms with Crippen LogP contribution in [0.1, 0.15) is 12.5 Å². The van der Waals surface area contributed by atoms with E-state index in [0.29, 0.717) is 23.1 Å². The Labute approximate surface area is 144 Å². The van der Waals surface area contributed by atoms with Crippen LogP contribution in [0.25, 0.3) is 11.4 Å². The summed E-state index contributed by atoms with van der Waals surface area (Å²) in [5.41, 5.74) is 1.46. The minimum absolute atomic E-state index is 0.266. The quantitative estimate of drug-likeness (QED) is 0.656. The molecular weight excluding hydrogens is 323 g/mol. The predicted molar refractivity (Wildman–Crippen MR) is 91.9 cm³/mol. The van der Waals surface area contributed by atoms with Gasteiger partial charge in [0.15, 0.2) is 11.0 Å². The summed E-state index contributed by atoms with van der Waals surface area (Å²) < 4.78 is 16.0. The number of aromatic nitrogens is 3. The van der Waals surface area contributed by atoms with Crippen molar-refractivity contribution in [2.75, 3.05) is 0 Å². The van der Waals surface area contributed by atoms with Gasteiger partial charge in [-0.25, -0.2) is 4.39 Å². The molecule has 0 radical (unpaired) electrons. The average Bonchev–Trinajstić information content (AvgIpc) is 2.98. The van der Waals surface area contributed by atoms with Crippen molar-refractivity contribution in [2.24, 2.45) is 0 Å². The lowest BCUT2D eigenvalue weighted by Gasteiger charge is -2.11. The van der Waals surface area contributed by atoms with Crippen LogP contribution in [0.2, 0.25) is 0 Å². The molecule has 0 aliphatic heterocycles. The van der Waals surface area contributed by atoms with Crippen LogP contribution in [0.3, 0.4) is 0 Å². The molecule has 0 aliphatic carbocycles. The molecule has 24 heavy (non-hydrogen) atoms. The minimum atomic E-state index is -0.343. The first-order chi connectivity index (χ1) is 11.7. The molecule has 120 valence electrons. The van der Waals surface area contributed by atoms with Crippen molar-refractivity contribution < 1.29 is 4.39 Å². The maximum atomic E-state index is 14.2. The van der Waals surface area contributed by atoms with Gasteiger partial charge in [-0.1, -0.05) is 54.2 Å². The van der Waals surface area contributed by atoms with Crippen molar-refractivity contribution in [3.8, 4) is 17.5 Å². The van der Waals surface area contributed by atoms with Crippen molar-refractivity contribution >= 4 is 11.8 Å². The fourth-order valence-corrected chi connectivity index (χ4v) is 3.05. The normalized spacial score (nSPS) is 11.9. The van der Waals surface area contributed by atoms with E-state index in [9.17, 15) is 4.39 Å². The van der Waals surface area contributed by atoms with Gasteiger partial charge in [-0.2, -0.15) is 5.26 Å². The van der Waals surface area contributed by atoms with Crippen LogP contribution in [-0.2, 0) is 6.54 Å². The molecular formula is C18H15FN4S. The summed E-state index contributed by atoms with van der Waals surface area (Å²) in [6.45, 7) is 2.31. The number of rotatable bonds is 5. The molecule has 0 fully saturated rings. The second kappa shape index (κ2) is 7.28. The molecule has 0 spiro atoms. The average molecular weight is 338 g/mol. The van der Waals surface area contributed by atoms with E-state index in [-0.39, 0.29) is 11.1 Å². The van der Waals surface area contributed by atoms with Gasteiger partial charge in [0.25, 0.3) is 0 Å². The molecule has 3 rings (SSSR count). The zero-order valence-electron chi connectivity index (χ0n) is 13.1. The Morgan fingerprint density at radius 3 is 2.54 bits per heavy atom. The van der Waals surface area contributed by atoms with E-state index in [1.165, 1.54) is 17.8 Å². The highest BCUT2D eigenvalue weighted by atomic mass is 32.2. The molecule has 1 atom stereocenters. The van der Waals surface area contributed by atoms with Gasteiger partial charge in [0.05, 0.1) is 23.4 Å². The highest BCUT2D eigenvalue weighted by molar-refractivity contribution is 8.00. The summed E-state index contributed by atoms with van der Waals surface area (Å²) in [6.07, 6.45) is 0. The van der Waals surface area contributed by atoms with Crippen molar-refractivity contribution in [2.45, 2.75) is 23.9 Å². The Morgan fingerprint density at radius 2 is 1.83 bits per heavy atom. The lowest BCUT2D eigenvalue weighted by molar-refractivity contribution is 0.626. The van der Waals surface area contributed by atoms with Gasteiger partial charge in [0.1, 0.15) is 5.82 Å². The zero-order valence-corrected chi connectivity index (χ0v) is 13.9. The summed E-state index contributed by atoms with van der Waals surface area (Å²) in [6, 6.07) is 18.5. The first-order valence-electron chi connectivity index (χ1n) is 7.47. The third-order valence-corrected chi connectivity index (χ3v) is 4.45. The van der Waals surface area contributed by atoms with E-state index in [2.05, 4.69) is 16.3 Å². The molecule has 2 aromatic carbocycles. The third-order valence-electron chi connectivity index (χ3n) is 3.48. The summed E-state index contributed by atoms with van der Waals surface area (Å²) in [4.78, 5) is 0. The van der Waals surface area contributed by atoms with Crippen LogP contribution < -0.4 is 0 Å². The van der Waals surface area contributed by atoms with E-state index in [0.717, 1.165) is 5.56 Å². The highest BCUT2D eigenvalue weighted by Gasteiger charge is 2.19. The number of benzene rings is 2. The monoisotopic (exact) mass is 338 g/mol. The molecule has 0 unspecified atom stereocenters. The van der Waals surface area contributed by atoms with Crippen LogP contribution in [0.4, 0.5) is 4.39 Å². The largest absolute Gasteiger partial charge is 0.297 e. The molecule has 1 heterocycles. The predicted octanol–water partition coefficient (Wildman–Crippen LogP) is 4.14. The second-order valence-corrected chi connectivity index (χ2v) is 6.55. The molecule has 0 saturated carbocycles. The maximum absolute atomic E-state index is 14.2. The summed E-state index contributed by atoms with van der Waals surface area (Å²) in [5.74, 6) is 0.119. The Bertz CT molecular complexity index is 870. The third kappa shape index (κ3) is 3.47. The van der Waals surface area contributed by atoms with Crippen LogP contribution in [-0.4, -0.2) is 20.0 Å². The van der Waals surface area contributed by atoms with Gasteiger partial charge in [-0.15, -0.1) is 10.2 Å². The molecule has 0 N–H and O–H groups in total. The van der Waals surface area contributed by atoms with Gasteiger partial charge >= 0.3 is 0 Å². The smallest absolute Gasteiger partial charge is 0.193 e. The topological polar surface area (TPSA) is 54.5 Å². The minimum Gasteiger partial charge on any atom is -0.297 e. The molecule has 3 aromatic rings. The zero-order chi connectivity index (χ0) is 16.9. The SMILES string of the molecule is C[C@@H](C#N)Sc1nnc(-c2ccccc2F)n1Cc1ccccc1. The van der Waals surface area contributed by atoms with Gasteiger partial charge in [-0.3, -0.25) is 4.57 Å².